The lowest BCUT2D eigenvalue weighted by Gasteiger charge is -2.35. The number of pyridine rings is 1. The molecule has 3 heterocycles. The Morgan fingerprint density at radius 1 is 0.750 bits per heavy atom. The van der Waals surface area contributed by atoms with Gasteiger partial charge in [0.25, 0.3) is 5.91 Å². The number of anilines is 1. The number of carbonyl (C=O) groups is 1. The van der Waals surface area contributed by atoms with Crippen LogP contribution in [0.15, 0.2) is 72.8 Å². The molecule has 0 saturated carbocycles. The smallest absolute Gasteiger partial charge is 0.257 e. The Hall–Kier alpha value is -3.18. The summed E-state index contributed by atoms with van der Waals surface area (Å²) in [6.07, 6.45) is 2.31. The predicted molar refractivity (Wildman–Crippen MR) is 129 cm³/mol. The van der Waals surface area contributed by atoms with Crippen molar-refractivity contribution in [2.24, 2.45) is 0 Å². The molecule has 0 N–H and O–H groups in total. The third kappa shape index (κ3) is 4.53. The van der Waals surface area contributed by atoms with Crippen molar-refractivity contribution in [3.05, 3.63) is 83.9 Å². The Bertz CT molecular complexity index is 1040. The van der Waals surface area contributed by atoms with Gasteiger partial charge in [-0.1, -0.05) is 60.7 Å². The number of rotatable bonds is 5. The molecule has 5 nitrogen and oxygen atoms in total. The molecule has 2 aliphatic rings. The van der Waals surface area contributed by atoms with E-state index in [1.165, 1.54) is 5.56 Å². The van der Waals surface area contributed by atoms with Crippen molar-refractivity contribution in [2.75, 3.05) is 44.2 Å². The maximum Gasteiger partial charge on any atom is 0.257 e. The second kappa shape index (κ2) is 9.53. The number of amides is 1. The molecule has 2 fully saturated rings. The fourth-order valence-corrected chi connectivity index (χ4v) is 4.68. The van der Waals surface area contributed by atoms with Crippen LogP contribution in [0.1, 0.15) is 28.8 Å². The summed E-state index contributed by atoms with van der Waals surface area (Å²) in [5.74, 6) is 0.957. The van der Waals surface area contributed by atoms with Gasteiger partial charge >= 0.3 is 0 Å². The van der Waals surface area contributed by atoms with E-state index in [2.05, 4.69) is 52.3 Å². The van der Waals surface area contributed by atoms with Gasteiger partial charge in [0.15, 0.2) is 0 Å². The minimum atomic E-state index is 0.110. The number of aromatic nitrogens is 1. The summed E-state index contributed by atoms with van der Waals surface area (Å²) in [7, 11) is 0. The third-order valence-electron chi connectivity index (χ3n) is 6.49. The summed E-state index contributed by atoms with van der Waals surface area (Å²) < 4.78 is 0. The van der Waals surface area contributed by atoms with Crippen LogP contribution in [0.3, 0.4) is 0 Å². The number of carbonyl (C=O) groups excluding carboxylic acids is 1. The summed E-state index contributed by atoms with van der Waals surface area (Å²) in [4.78, 5) is 25.2. The Labute approximate surface area is 190 Å². The topological polar surface area (TPSA) is 39.7 Å². The molecule has 1 aromatic heterocycles. The van der Waals surface area contributed by atoms with E-state index >= 15 is 0 Å². The average Bonchev–Trinajstić information content (AvgIpc) is 3.40. The summed E-state index contributed by atoms with van der Waals surface area (Å²) in [6, 6.07) is 24.8. The highest BCUT2D eigenvalue weighted by atomic mass is 16.2. The van der Waals surface area contributed by atoms with Crippen molar-refractivity contribution in [3.63, 3.8) is 0 Å². The Morgan fingerprint density at radius 3 is 2.09 bits per heavy atom. The van der Waals surface area contributed by atoms with Crippen LogP contribution in [-0.2, 0) is 6.54 Å². The molecular formula is C27H30N4O. The number of piperazine rings is 1. The van der Waals surface area contributed by atoms with Gasteiger partial charge in [0.1, 0.15) is 5.82 Å². The van der Waals surface area contributed by atoms with Crippen molar-refractivity contribution in [3.8, 4) is 11.3 Å². The van der Waals surface area contributed by atoms with Crippen molar-refractivity contribution >= 4 is 11.7 Å². The Balaban J connectivity index is 1.33. The first-order valence-electron chi connectivity index (χ1n) is 11.6. The van der Waals surface area contributed by atoms with E-state index in [-0.39, 0.29) is 5.91 Å². The summed E-state index contributed by atoms with van der Waals surface area (Å²) in [5.41, 5.74) is 4.07. The van der Waals surface area contributed by atoms with Gasteiger partial charge in [-0.25, -0.2) is 4.98 Å². The van der Waals surface area contributed by atoms with Crippen LogP contribution in [0, 0.1) is 0 Å². The molecule has 0 aliphatic carbocycles. The van der Waals surface area contributed by atoms with Gasteiger partial charge in [-0.2, -0.15) is 0 Å². The maximum absolute atomic E-state index is 13.5. The molecule has 5 rings (SSSR count). The highest BCUT2D eigenvalue weighted by Crippen LogP contribution is 2.28. The van der Waals surface area contributed by atoms with Gasteiger partial charge < -0.3 is 9.80 Å². The first kappa shape index (κ1) is 20.7. The molecule has 2 saturated heterocycles. The lowest BCUT2D eigenvalue weighted by molar-refractivity contribution is 0.0629. The van der Waals surface area contributed by atoms with Gasteiger partial charge in [0.05, 0.1) is 11.3 Å². The lowest BCUT2D eigenvalue weighted by Crippen LogP contribution is -2.48. The molecule has 0 unspecified atom stereocenters. The molecule has 0 atom stereocenters. The normalized spacial score (nSPS) is 17.0. The van der Waals surface area contributed by atoms with Crippen molar-refractivity contribution in [2.45, 2.75) is 19.4 Å². The molecule has 0 bridgehead atoms. The van der Waals surface area contributed by atoms with Crippen molar-refractivity contribution in [1.29, 1.82) is 0 Å². The molecule has 2 aromatic carbocycles. The van der Waals surface area contributed by atoms with E-state index in [9.17, 15) is 4.79 Å². The zero-order valence-electron chi connectivity index (χ0n) is 18.5. The summed E-state index contributed by atoms with van der Waals surface area (Å²) in [6.45, 7) is 6.18. The molecule has 164 valence electrons. The van der Waals surface area contributed by atoms with Crippen molar-refractivity contribution < 1.29 is 4.79 Å². The fourth-order valence-electron chi connectivity index (χ4n) is 4.68. The molecule has 1 amide bonds. The van der Waals surface area contributed by atoms with E-state index in [4.69, 9.17) is 4.98 Å². The van der Waals surface area contributed by atoms with E-state index < -0.39 is 0 Å². The molecule has 0 spiro atoms. The summed E-state index contributed by atoms with van der Waals surface area (Å²) in [5, 5.41) is 0. The first-order chi connectivity index (χ1) is 15.8. The fraction of sp³-hybridized carbons (Fsp3) is 0.333. The van der Waals surface area contributed by atoms with Crippen molar-refractivity contribution in [1.82, 2.24) is 14.8 Å². The Morgan fingerprint density at radius 2 is 1.41 bits per heavy atom. The van der Waals surface area contributed by atoms with Gasteiger partial charge in [-0.3, -0.25) is 9.69 Å². The minimum Gasteiger partial charge on any atom is -0.356 e. The molecule has 3 aromatic rings. The zero-order chi connectivity index (χ0) is 21.8. The maximum atomic E-state index is 13.5. The van der Waals surface area contributed by atoms with Gasteiger partial charge in [0, 0.05) is 51.4 Å². The molecular weight excluding hydrogens is 396 g/mol. The van der Waals surface area contributed by atoms with E-state index in [1.807, 2.05) is 35.2 Å². The van der Waals surface area contributed by atoms with Gasteiger partial charge in [-0.15, -0.1) is 0 Å². The lowest BCUT2D eigenvalue weighted by atomic mass is 10.1. The molecule has 2 aliphatic heterocycles. The average molecular weight is 427 g/mol. The molecule has 5 heteroatoms. The van der Waals surface area contributed by atoms with E-state index in [0.717, 1.165) is 81.3 Å². The number of hydrogen-bond acceptors (Lipinski definition) is 4. The van der Waals surface area contributed by atoms with Crippen LogP contribution in [0.25, 0.3) is 11.3 Å². The highest BCUT2D eigenvalue weighted by Gasteiger charge is 2.27. The van der Waals surface area contributed by atoms with Crippen LogP contribution < -0.4 is 4.90 Å². The Kier molecular flexibility index (Phi) is 6.17. The molecule has 0 radical (unpaired) electrons. The zero-order valence-corrected chi connectivity index (χ0v) is 18.5. The van der Waals surface area contributed by atoms with Crippen LogP contribution in [0.4, 0.5) is 5.82 Å². The van der Waals surface area contributed by atoms with Crippen LogP contribution in [0.5, 0.6) is 0 Å². The molecule has 32 heavy (non-hydrogen) atoms. The second-order valence-corrected chi connectivity index (χ2v) is 8.68. The highest BCUT2D eigenvalue weighted by molar-refractivity contribution is 5.99. The largest absolute Gasteiger partial charge is 0.356 e. The second-order valence-electron chi connectivity index (χ2n) is 8.68. The van der Waals surface area contributed by atoms with Gasteiger partial charge in [0.2, 0.25) is 0 Å². The minimum absolute atomic E-state index is 0.110. The first-order valence-corrected chi connectivity index (χ1v) is 11.6. The van der Waals surface area contributed by atoms with Gasteiger partial charge in [-0.05, 0) is 30.5 Å². The predicted octanol–water partition coefficient (Wildman–Crippen LogP) is 4.31. The van der Waals surface area contributed by atoms with E-state index in [1.54, 1.807) is 0 Å². The number of nitrogens with zero attached hydrogens (tertiary/aromatic N) is 4. The van der Waals surface area contributed by atoms with Crippen LogP contribution in [-0.4, -0.2) is 60.0 Å². The van der Waals surface area contributed by atoms with Crippen LogP contribution >= 0.6 is 0 Å². The van der Waals surface area contributed by atoms with Crippen LogP contribution in [0.2, 0.25) is 0 Å². The SMILES string of the molecule is O=C(c1ccc(-c2ccccc2)nc1N1CCCC1)N1CCN(Cc2ccccc2)CC1. The number of hydrogen-bond donors (Lipinski definition) is 0. The number of benzene rings is 2. The third-order valence-corrected chi connectivity index (χ3v) is 6.49. The standard InChI is InChI=1S/C27H30N4O/c32-27(31-19-17-29(18-20-31)21-22-9-3-1-4-10-22)24-13-14-25(23-11-5-2-6-12-23)28-26(24)30-15-7-8-16-30/h1-6,9-14H,7-8,15-21H2. The van der Waals surface area contributed by atoms with E-state index in [0.29, 0.717) is 0 Å². The monoisotopic (exact) mass is 426 g/mol. The quantitative estimate of drug-likeness (QED) is 0.610. The summed E-state index contributed by atoms with van der Waals surface area (Å²) >= 11 is 0.